The number of para-hydroxylation sites is 1. The Bertz CT molecular complexity index is 706. The summed E-state index contributed by atoms with van der Waals surface area (Å²) in [4.78, 5) is 0. The van der Waals surface area contributed by atoms with E-state index in [-0.39, 0.29) is 0 Å². The summed E-state index contributed by atoms with van der Waals surface area (Å²) in [6.07, 6.45) is -0.633. The quantitative estimate of drug-likeness (QED) is 0.788. The number of hydrogen-bond acceptors (Lipinski definition) is 4. The fourth-order valence-corrected chi connectivity index (χ4v) is 2.15. The summed E-state index contributed by atoms with van der Waals surface area (Å²) in [6, 6.07) is 15.1. The van der Waals surface area contributed by atoms with Crippen LogP contribution in [-0.2, 0) is 6.54 Å². The average Bonchev–Trinajstić information content (AvgIpc) is 2.91. The summed E-state index contributed by atoms with van der Waals surface area (Å²) >= 11 is 0. The van der Waals surface area contributed by atoms with Gasteiger partial charge >= 0.3 is 0 Å². The van der Waals surface area contributed by atoms with Crippen LogP contribution in [0.3, 0.4) is 0 Å². The molecule has 0 saturated carbocycles. The first kappa shape index (κ1) is 12.6. The number of aliphatic hydroxyl groups is 1. The molecule has 0 bridgehead atoms. The van der Waals surface area contributed by atoms with E-state index in [0.717, 1.165) is 22.3 Å². The average molecular weight is 269 g/mol. The van der Waals surface area contributed by atoms with Crippen molar-refractivity contribution in [1.29, 1.82) is 0 Å². The molecule has 0 amide bonds. The maximum Gasteiger partial charge on any atom is 0.118 e. The molecule has 0 radical (unpaired) electrons. The summed E-state index contributed by atoms with van der Waals surface area (Å²) in [5, 5.41) is 18.4. The standard InChI is InChI=1S/C15H15N3O2/c1-20-12-8-6-11(7-9-12)15(19)10-18-14-5-3-2-4-13(14)16-17-18/h2-9,15,19H,10H2,1H3. The summed E-state index contributed by atoms with van der Waals surface area (Å²) in [5.41, 5.74) is 2.57. The minimum Gasteiger partial charge on any atom is -0.497 e. The number of methoxy groups -OCH3 is 1. The molecule has 1 atom stereocenters. The van der Waals surface area contributed by atoms with Gasteiger partial charge in [-0.15, -0.1) is 5.10 Å². The molecule has 0 aliphatic heterocycles. The van der Waals surface area contributed by atoms with E-state index in [2.05, 4.69) is 10.3 Å². The van der Waals surface area contributed by atoms with Gasteiger partial charge in [0.15, 0.2) is 0 Å². The number of aromatic nitrogens is 3. The second-order valence-electron chi connectivity index (χ2n) is 4.55. The van der Waals surface area contributed by atoms with Crippen molar-refractivity contribution < 1.29 is 9.84 Å². The van der Waals surface area contributed by atoms with Crippen LogP contribution in [0.2, 0.25) is 0 Å². The van der Waals surface area contributed by atoms with Crippen molar-refractivity contribution in [2.24, 2.45) is 0 Å². The Hall–Kier alpha value is -2.40. The van der Waals surface area contributed by atoms with Crippen LogP contribution in [0.1, 0.15) is 11.7 Å². The van der Waals surface area contributed by atoms with Crippen LogP contribution in [0.4, 0.5) is 0 Å². The van der Waals surface area contributed by atoms with Gasteiger partial charge in [0.25, 0.3) is 0 Å². The maximum absolute atomic E-state index is 10.3. The highest BCUT2D eigenvalue weighted by Crippen LogP contribution is 2.20. The minimum atomic E-state index is -0.633. The van der Waals surface area contributed by atoms with Crippen molar-refractivity contribution in [2.45, 2.75) is 12.6 Å². The number of nitrogens with zero attached hydrogens (tertiary/aromatic N) is 3. The van der Waals surface area contributed by atoms with Gasteiger partial charge in [-0.3, -0.25) is 0 Å². The number of rotatable bonds is 4. The third-order valence-electron chi connectivity index (χ3n) is 3.27. The second kappa shape index (κ2) is 5.30. The highest BCUT2D eigenvalue weighted by atomic mass is 16.5. The Balaban J connectivity index is 1.82. The molecule has 102 valence electrons. The van der Waals surface area contributed by atoms with Crippen LogP contribution >= 0.6 is 0 Å². The molecule has 0 aliphatic carbocycles. The first-order chi connectivity index (χ1) is 9.78. The predicted molar refractivity (Wildman–Crippen MR) is 75.5 cm³/mol. The lowest BCUT2D eigenvalue weighted by atomic mass is 10.1. The van der Waals surface area contributed by atoms with Crippen molar-refractivity contribution in [3.63, 3.8) is 0 Å². The SMILES string of the molecule is COc1ccc(C(O)Cn2nnc3ccccc32)cc1. The highest BCUT2D eigenvalue weighted by molar-refractivity contribution is 5.73. The van der Waals surface area contributed by atoms with Gasteiger partial charge in [-0.25, -0.2) is 4.68 Å². The van der Waals surface area contributed by atoms with Crippen molar-refractivity contribution in [3.8, 4) is 5.75 Å². The molecule has 5 heteroatoms. The Labute approximate surface area is 116 Å². The summed E-state index contributed by atoms with van der Waals surface area (Å²) in [6.45, 7) is 0.368. The fourth-order valence-electron chi connectivity index (χ4n) is 2.15. The fraction of sp³-hybridized carbons (Fsp3) is 0.200. The molecule has 2 aromatic carbocycles. The van der Waals surface area contributed by atoms with Crippen LogP contribution in [0.5, 0.6) is 5.75 Å². The molecule has 0 spiro atoms. The van der Waals surface area contributed by atoms with Gasteiger partial charge in [-0.1, -0.05) is 29.5 Å². The molecular weight excluding hydrogens is 254 g/mol. The molecule has 3 rings (SSSR count). The molecule has 3 aromatic rings. The van der Waals surface area contributed by atoms with Crippen molar-refractivity contribution >= 4 is 11.0 Å². The molecule has 0 fully saturated rings. The third-order valence-corrected chi connectivity index (χ3v) is 3.27. The van der Waals surface area contributed by atoms with Gasteiger partial charge < -0.3 is 9.84 Å². The van der Waals surface area contributed by atoms with E-state index >= 15 is 0 Å². The Morgan fingerprint density at radius 3 is 2.65 bits per heavy atom. The molecule has 1 aromatic heterocycles. The molecular formula is C15H15N3O2. The van der Waals surface area contributed by atoms with Gasteiger partial charge in [0.2, 0.25) is 0 Å². The zero-order valence-electron chi connectivity index (χ0n) is 11.1. The van der Waals surface area contributed by atoms with Gasteiger partial charge in [0, 0.05) is 0 Å². The van der Waals surface area contributed by atoms with E-state index in [1.807, 2.05) is 48.5 Å². The first-order valence-corrected chi connectivity index (χ1v) is 6.38. The lowest BCUT2D eigenvalue weighted by Gasteiger charge is -2.11. The van der Waals surface area contributed by atoms with Crippen LogP contribution in [0.25, 0.3) is 11.0 Å². The van der Waals surface area contributed by atoms with Crippen LogP contribution in [-0.4, -0.2) is 27.2 Å². The first-order valence-electron chi connectivity index (χ1n) is 6.38. The topological polar surface area (TPSA) is 60.2 Å². The molecule has 5 nitrogen and oxygen atoms in total. The normalized spacial score (nSPS) is 12.5. The van der Waals surface area contributed by atoms with E-state index in [9.17, 15) is 5.11 Å². The van der Waals surface area contributed by atoms with Gasteiger partial charge in [-0.2, -0.15) is 0 Å². The minimum absolute atomic E-state index is 0.368. The van der Waals surface area contributed by atoms with Crippen molar-refractivity contribution in [2.75, 3.05) is 7.11 Å². The number of aliphatic hydroxyl groups excluding tert-OH is 1. The molecule has 1 unspecified atom stereocenters. The molecule has 1 heterocycles. The van der Waals surface area contributed by atoms with E-state index in [1.54, 1.807) is 11.8 Å². The van der Waals surface area contributed by atoms with Gasteiger partial charge in [-0.05, 0) is 29.8 Å². The van der Waals surface area contributed by atoms with Crippen molar-refractivity contribution in [3.05, 3.63) is 54.1 Å². The summed E-state index contributed by atoms with van der Waals surface area (Å²) in [5.74, 6) is 0.771. The van der Waals surface area contributed by atoms with Crippen LogP contribution in [0, 0.1) is 0 Å². The Kier molecular flexibility index (Phi) is 3.35. The van der Waals surface area contributed by atoms with Crippen LogP contribution < -0.4 is 4.74 Å². The molecule has 20 heavy (non-hydrogen) atoms. The Morgan fingerprint density at radius 1 is 1.15 bits per heavy atom. The van der Waals surface area contributed by atoms with E-state index in [0.29, 0.717) is 6.54 Å². The zero-order chi connectivity index (χ0) is 13.9. The smallest absolute Gasteiger partial charge is 0.118 e. The van der Waals surface area contributed by atoms with Gasteiger partial charge in [0.1, 0.15) is 11.3 Å². The largest absolute Gasteiger partial charge is 0.497 e. The lowest BCUT2D eigenvalue weighted by Crippen LogP contribution is -2.10. The molecule has 0 aliphatic rings. The number of ether oxygens (including phenoxy) is 1. The summed E-state index contributed by atoms with van der Waals surface area (Å²) < 4.78 is 6.82. The number of benzene rings is 2. The number of hydrogen-bond donors (Lipinski definition) is 1. The second-order valence-corrected chi connectivity index (χ2v) is 4.55. The molecule has 1 N–H and O–H groups in total. The van der Waals surface area contributed by atoms with E-state index in [4.69, 9.17) is 4.74 Å². The van der Waals surface area contributed by atoms with Crippen LogP contribution in [0.15, 0.2) is 48.5 Å². The van der Waals surface area contributed by atoms with E-state index in [1.165, 1.54) is 0 Å². The zero-order valence-corrected chi connectivity index (χ0v) is 11.1. The lowest BCUT2D eigenvalue weighted by molar-refractivity contribution is 0.152. The van der Waals surface area contributed by atoms with E-state index < -0.39 is 6.10 Å². The predicted octanol–water partition coefficient (Wildman–Crippen LogP) is 2.17. The molecule has 0 saturated heterocycles. The third kappa shape index (κ3) is 2.35. The van der Waals surface area contributed by atoms with Gasteiger partial charge in [0.05, 0.1) is 25.3 Å². The van der Waals surface area contributed by atoms with Crippen molar-refractivity contribution in [1.82, 2.24) is 15.0 Å². The maximum atomic E-state index is 10.3. The number of fused-ring (bicyclic) bond motifs is 1. The summed E-state index contributed by atoms with van der Waals surface area (Å²) in [7, 11) is 1.62. The monoisotopic (exact) mass is 269 g/mol. The highest BCUT2D eigenvalue weighted by Gasteiger charge is 2.11. The Morgan fingerprint density at radius 2 is 1.90 bits per heavy atom.